The van der Waals surface area contributed by atoms with E-state index in [0.29, 0.717) is 6.54 Å². The molecule has 1 aliphatic heterocycles. The SMILES string of the molecule is CN1CCN(CCN[C@@H](CC(C)(C)F)C(=O)O)CC1. The van der Waals surface area contributed by atoms with Gasteiger partial charge in [0, 0.05) is 45.7 Å². The van der Waals surface area contributed by atoms with Crippen molar-refractivity contribution >= 4 is 5.97 Å². The van der Waals surface area contributed by atoms with Crippen LogP contribution in [0.4, 0.5) is 4.39 Å². The number of nitrogens with zero attached hydrogens (tertiary/aromatic N) is 2. The molecule has 0 saturated carbocycles. The maximum atomic E-state index is 13.5. The van der Waals surface area contributed by atoms with Gasteiger partial charge in [-0.3, -0.25) is 9.69 Å². The number of rotatable bonds is 7. The van der Waals surface area contributed by atoms with Gasteiger partial charge in [0.25, 0.3) is 0 Å². The lowest BCUT2D eigenvalue weighted by Gasteiger charge is -2.32. The van der Waals surface area contributed by atoms with E-state index in [0.717, 1.165) is 32.7 Å². The van der Waals surface area contributed by atoms with Crippen LogP contribution in [0.25, 0.3) is 0 Å². The molecule has 0 aliphatic carbocycles. The number of carboxylic acid groups (broad SMARTS) is 1. The van der Waals surface area contributed by atoms with Crippen molar-refractivity contribution in [3.63, 3.8) is 0 Å². The second-order valence-electron chi connectivity index (χ2n) is 5.91. The minimum atomic E-state index is -1.47. The van der Waals surface area contributed by atoms with E-state index in [-0.39, 0.29) is 6.42 Å². The monoisotopic (exact) mass is 275 g/mol. The highest BCUT2D eigenvalue weighted by Crippen LogP contribution is 2.16. The van der Waals surface area contributed by atoms with Crippen LogP contribution in [0.1, 0.15) is 20.3 Å². The molecule has 2 N–H and O–H groups in total. The Bertz CT molecular complexity index is 286. The summed E-state index contributed by atoms with van der Waals surface area (Å²) in [5.74, 6) is -0.982. The van der Waals surface area contributed by atoms with Crippen LogP contribution in [-0.4, -0.2) is 78.9 Å². The van der Waals surface area contributed by atoms with Gasteiger partial charge in [0.15, 0.2) is 0 Å². The molecular weight excluding hydrogens is 249 g/mol. The second-order valence-corrected chi connectivity index (χ2v) is 5.91. The average Bonchev–Trinajstić information content (AvgIpc) is 2.28. The molecule has 1 saturated heterocycles. The highest BCUT2D eigenvalue weighted by atomic mass is 19.1. The number of alkyl halides is 1. The Kier molecular flexibility index (Phi) is 6.16. The summed E-state index contributed by atoms with van der Waals surface area (Å²) < 4.78 is 13.5. The minimum absolute atomic E-state index is 0.00886. The molecule has 0 spiro atoms. The third-order valence-corrected chi connectivity index (χ3v) is 3.40. The number of carboxylic acids is 1. The normalized spacial score (nSPS) is 20.4. The Balaban J connectivity index is 2.27. The van der Waals surface area contributed by atoms with Gasteiger partial charge >= 0.3 is 5.97 Å². The number of carbonyl (C=O) groups is 1. The van der Waals surface area contributed by atoms with Gasteiger partial charge in [-0.05, 0) is 20.9 Å². The predicted octanol–water partition coefficient (Wildman–Crippen LogP) is 0.415. The highest BCUT2D eigenvalue weighted by molar-refractivity contribution is 5.73. The molecule has 1 rings (SSSR count). The fourth-order valence-corrected chi connectivity index (χ4v) is 2.20. The molecule has 1 aliphatic rings. The van der Waals surface area contributed by atoms with E-state index in [1.54, 1.807) is 0 Å². The van der Waals surface area contributed by atoms with Crippen LogP contribution in [0.15, 0.2) is 0 Å². The Morgan fingerprint density at radius 3 is 2.42 bits per heavy atom. The summed E-state index contributed by atoms with van der Waals surface area (Å²) in [6.07, 6.45) is -0.00886. The Hall–Kier alpha value is -0.720. The van der Waals surface area contributed by atoms with Crippen molar-refractivity contribution in [2.45, 2.75) is 32.0 Å². The van der Waals surface area contributed by atoms with Crippen LogP contribution in [0.2, 0.25) is 0 Å². The molecule has 1 atom stereocenters. The Labute approximate surface area is 114 Å². The molecule has 1 fully saturated rings. The highest BCUT2D eigenvalue weighted by Gasteiger charge is 2.27. The summed E-state index contributed by atoms with van der Waals surface area (Å²) in [6, 6.07) is -0.813. The molecule has 0 unspecified atom stereocenters. The van der Waals surface area contributed by atoms with E-state index < -0.39 is 17.7 Å². The van der Waals surface area contributed by atoms with Gasteiger partial charge in [0.2, 0.25) is 0 Å². The molecule has 6 heteroatoms. The number of nitrogens with one attached hydrogen (secondary N) is 1. The lowest BCUT2D eigenvalue weighted by atomic mass is 10.0. The van der Waals surface area contributed by atoms with Gasteiger partial charge in [0.1, 0.15) is 11.7 Å². The largest absolute Gasteiger partial charge is 0.480 e. The summed E-state index contributed by atoms with van der Waals surface area (Å²) >= 11 is 0. The molecular formula is C13H26FN3O2. The van der Waals surface area contributed by atoms with Crippen LogP contribution in [0.5, 0.6) is 0 Å². The van der Waals surface area contributed by atoms with Crippen LogP contribution >= 0.6 is 0 Å². The third-order valence-electron chi connectivity index (χ3n) is 3.40. The summed E-state index contributed by atoms with van der Waals surface area (Å²) in [7, 11) is 2.10. The summed E-state index contributed by atoms with van der Waals surface area (Å²) in [5, 5.41) is 12.0. The van der Waals surface area contributed by atoms with Crippen molar-refractivity contribution in [1.29, 1.82) is 0 Å². The molecule has 0 aromatic heterocycles. The van der Waals surface area contributed by atoms with Crippen molar-refractivity contribution < 1.29 is 14.3 Å². The van der Waals surface area contributed by atoms with Gasteiger partial charge < -0.3 is 15.3 Å². The zero-order valence-corrected chi connectivity index (χ0v) is 12.2. The number of halogens is 1. The molecule has 5 nitrogen and oxygen atoms in total. The summed E-state index contributed by atoms with van der Waals surface area (Å²) in [5.41, 5.74) is -1.47. The predicted molar refractivity (Wildman–Crippen MR) is 73.2 cm³/mol. The molecule has 0 aromatic rings. The number of aliphatic carboxylic acids is 1. The molecule has 112 valence electrons. The number of hydrogen-bond donors (Lipinski definition) is 2. The molecule has 0 radical (unpaired) electrons. The summed E-state index contributed by atoms with van der Waals surface area (Å²) in [6.45, 7) is 8.30. The van der Waals surface area contributed by atoms with Crippen molar-refractivity contribution in [1.82, 2.24) is 15.1 Å². The van der Waals surface area contributed by atoms with Gasteiger partial charge in [-0.25, -0.2) is 4.39 Å². The van der Waals surface area contributed by atoms with Crippen molar-refractivity contribution in [2.75, 3.05) is 46.3 Å². The van der Waals surface area contributed by atoms with Gasteiger partial charge in [-0.2, -0.15) is 0 Å². The number of piperazine rings is 1. The van der Waals surface area contributed by atoms with Crippen molar-refractivity contribution in [3.8, 4) is 0 Å². The molecule has 0 amide bonds. The maximum absolute atomic E-state index is 13.5. The van der Waals surface area contributed by atoms with Crippen molar-refractivity contribution in [2.24, 2.45) is 0 Å². The van der Waals surface area contributed by atoms with Crippen LogP contribution in [-0.2, 0) is 4.79 Å². The topological polar surface area (TPSA) is 55.8 Å². The molecule has 1 heterocycles. The van der Waals surface area contributed by atoms with Crippen LogP contribution in [0.3, 0.4) is 0 Å². The number of likely N-dealkylation sites (N-methyl/N-ethyl adjacent to an activating group) is 1. The van der Waals surface area contributed by atoms with Gasteiger partial charge in [-0.15, -0.1) is 0 Å². The standard InChI is InChI=1S/C13H26FN3O2/c1-13(2,14)10-11(12(18)19)15-4-5-17-8-6-16(3)7-9-17/h11,15H,4-10H2,1-3H3,(H,18,19)/t11-/m0/s1. The zero-order chi connectivity index (χ0) is 14.5. The van der Waals surface area contributed by atoms with E-state index in [2.05, 4.69) is 22.2 Å². The number of hydrogen-bond acceptors (Lipinski definition) is 4. The lowest BCUT2D eigenvalue weighted by molar-refractivity contribution is -0.140. The Morgan fingerprint density at radius 1 is 1.37 bits per heavy atom. The maximum Gasteiger partial charge on any atom is 0.320 e. The van der Waals surface area contributed by atoms with Crippen molar-refractivity contribution in [3.05, 3.63) is 0 Å². The first-order chi connectivity index (χ1) is 8.78. The van der Waals surface area contributed by atoms with Gasteiger partial charge in [0.05, 0.1) is 0 Å². The Morgan fingerprint density at radius 2 is 1.95 bits per heavy atom. The average molecular weight is 275 g/mol. The lowest BCUT2D eigenvalue weighted by Crippen LogP contribution is -2.48. The van der Waals surface area contributed by atoms with E-state index >= 15 is 0 Å². The first-order valence-electron chi connectivity index (χ1n) is 6.84. The smallest absolute Gasteiger partial charge is 0.320 e. The third kappa shape index (κ3) is 6.84. The van der Waals surface area contributed by atoms with E-state index in [9.17, 15) is 9.18 Å². The second kappa shape index (κ2) is 7.17. The molecule has 19 heavy (non-hydrogen) atoms. The fourth-order valence-electron chi connectivity index (χ4n) is 2.20. The fraction of sp³-hybridized carbons (Fsp3) is 0.923. The van der Waals surface area contributed by atoms with E-state index in [1.807, 2.05) is 0 Å². The van der Waals surface area contributed by atoms with Gasteiger partial charge in [-0.1, -0.05) is 0 Å². The molecule has 0 aromatic carbocycles. The first-order valence-corrected chi connectivity index (χ1v) is 6.84. The first kappa shape index (κ1) is 16.3. The molecule has 0 bridgehead atoms. The quantitative estimate of drug-likeness (QED) is 0.705. The summed E-state index contributed by atoms with van der Waals surface area (Å²) in [4.78, 5) is 15.6. The van der Waals surface area contributed by atoms with Crippen LogP contribution in [0, 0.1) is 0 Å². The van der Waals surface area contributed by atoms with E-state index in [1.165, 1.54) is 13.8 Å². The van der Waals surface area contributed by atoms with Crippen LogP contribution < -0.4 is 5.32 Å². The minimum Gasteiger partial charge on any atom is -0.480 e. The van der Waals surface area contributed by atoms with E-state index in [4.69, 9.17) is 5.11 Å². The zero-order valence-electron chi connectivity index (χ0n) is 12.2.